The first-order valence-electron chi connectivity index (χ1n) is 14.0. The van der Waals surface area contributed by atoms with Gasteiger partial charge >= 0.3 is 0 Å². The van der Waals surface area contributed by atoms with Gasteiger partial charge in [-0.25, -0.2) is 9.97 Å². The van der Waals surface area contributed by atoms with Gasteiger partial charge < -0.3 is 25.4 Å². The number of fused-ring (bicyclic) bond motifs is 1. The number of benzene rings is 2. The number of hydrogen-bond acceptors (Lipinski definition) is 7. The molecule has 0 spiro atoms. The van der Waals surface area contributed by atoms with Crippen LogP contribution in [0.5, 0.6) is 0 Å². The number of nitrogens with zero attached hydrogens (tertiary/aromatic N) is 3. The fourth-order valence-electron chi connectivity index (χ4n) is 5.60. The molecule has 5 rings (SSSR count). The smallest absolute Gasteiger partial charge is 0.255 e. The summed E-state index contributed by atoms with van der Waals surface area (Å²) in [6.45, 7) is 3.72. The topological polar surface area (TPSA) is 117 Å². The summed E-state index contributed by atoms with van der Waals surface area (Å²) >= 11 is 6.50. The van der Waals surface area contributed by atoms with Crippen LogP contribution in [-0.4, -0.2) is 63.7 Å². The zero-order valence-corrected chi connectivity index (χ0v) is 24.3. The number of anilines is 1. The normalized spacial score (nSPS) is 19.9. The van der Waals surface area contributed by atoms with Crippen molar-refractivity contribution in [2.75, 3.05) is 19.0 Å². The number of ether oxygens (including phenoxy) is 1. The van der Waals surface area contributed by atoms with Gasteiger partial charge in [-0.1, -0.05) is 53.6 Å². The Hall–Kier alpha value is -3.53. The van der Waals surface area contributed by atoms with Crippen molar-refractivity contribution in [1.29, 1.82) is 0 Å². The Morgan fingerprint density at radius 3 is 2.68 bits per heavy atom. The molecule has 3 aromatic rings. The number of halogens is 1. The Morgan fingerprint density at radius 2 is 1.98 bits per heavy atom. The van der Waals surface area contributed by atoms with Crippen LogP contribution in [0.1, 0.15) is 65.7 Å². The van der Waals surface area contributed by atoms with E-state index in [-0.39, 0.29) is 24.5 Å². The lowest BCUT2D eigenvalue weighted by atomic mass is 9.93. The molecular weight excluding hydrogens is 542 g/mol. The van der Waals surface area contributed by atoms with Gasteiger partial charge in [0.2, 0.25) is 11.9 Å². The minimum absolute atomic E-state index is 0.237. The summed E-state index contributed by atoms with van der Waals surface area (Å²) in [6, 6.07) is 12.2. The third kappa shape index (κ3) is 6.37. The number of carbonyl (C=O) groups is 2. The number of rotatable bonds is 9. The molecule has 0 saturated heterocycles. The zero-order valence-electron chi connectivity index (χ0n) is 23.6. The van der Waals surface area contributed by atoms with Crippen LogP contribution in [0.3, 0.4) is 0 Å². The summed E-state index contributed by atoms with van der Waals surface area (Å²) < 4.78 is 5.47. The van der Waals surface area contributed by atoms with E-state index in [0.29, 0.717) is 40.4 Å². The quantitative estimate of drug-likeness (QED) is 0.338. The molecule has 216 valence electrons. The van der Waals surface area contributed by atoms with Crippen LogP contribution in [0.15, 0.2) is 48.7 Å². The molecule has 1 saturated carbocycles. The Kier molecular flexibility index (Phi) is 8.87. The van der Waals surface area contributed by atoms with Crippen molar-refractivity contribution in [2.45, 2.75) is 70.3 Å². The van der Waals surface area contributed by atoms with Crippen LogP contribution in [0.4, 0.5) is 5.95 Å². The van der Waals surface area contributed by atoms with Gasteiger partial charge in [0, 0.05) is 30.8 Å². The van der Waals surface area contributed by atoms with Crippen molar-refractivity contribution in [3.8, 4) is 11.3 Å². The maximum atomic E-state index is 13.5. The molecule has 1 fully saturated rings. The van der Waals surface area contributed by atoms with Crippen molar-refractivity contribution in [1.82, 2.24) is 20.2 Å². The molecule has 41 heavy (non-hydrogen) atoms. The van der Waals surface area contributed by atoms with Gasteiger partial charge in [-0.05, 0) is 56.7 Å². The van der Waals surface area contributed by atoms with Crippen LogP contribution in [-0.2, 0) is 16.1 Å². The molecule has 1 aliphatic heterocycles. The molecule has 9 nitrogen and oxygen atoms in total. The van der Waals surface area contributed by atoms with E-state index in [0.717, 1.165) is 42.4 Å². The van der Waals surface area contributed by atoms with Crippen LogP contribution < -0.4 is 10.6 Å². The summed E-state index contributed by atoms with van der Waals surface area (Å²) in [5, 5.41) is 16.6. The highest BCUT2D eigenvalue weighted by molar-refractivity contribution is 6.33. The monoisotopic (exact) mass is 577 g/mol. The van der Waals surface area contributed by atoms with Crippen LogP contribution >= 0.6 is 11.6 Å². The highest BCUT2D eigenvalue weighted by atomic mass is 35.5. The molecule has 3 N–H and O–H groups in total. The van der Waals surface area contributed by atoms with E-state index in [1.165, 1.54) is 0 Å². The second kappa shape index (κ2) is 12.5. The first-order chi connectivity index (χ1) is 19.8. The molecule has 0 unspecified atom stereocenters. The number of aliphatic hydroxyl groups is 1. The van der Waals surface area contributed by atoms with E-state index in [2.05, 4.69) is 20.6 Å². The number of hydrogen-bond donors (Lipinski definition) is 3. The lowest BCUT2D eigenvalue weighted by Crippen LogP contribution is -2.46. The summed E-state index contributed by atoms with van der Waals surface area (Å²) in [7, 11) is 1.75. The van der Waals surface area contributed by atoms with Gasteiger partial charge in [-0.3, -0.25) is 9.59 Å². The zero-order chi connectivity index (χ0) is 29.1. The predicted octanol–water partition coefficient (Wildman–Crippen LogP) is 4.67. The largest absolute Gasteiger partial charge is 0.394 e. The average molecular weight is 578 g/mol. The Balaban J connectivity index is 1.29. The fraction of sp³-hybridized carbons (Fsp3) is 0.419. The second-order valence-corrected chi connectivity index (χ2v) is 11.3. The van der Waals surface area contributed by atoms with E-state index in [1.54, 1.807) is 31.2 Å². The average Bonchev–Trinajstić information content (AvgIpc) is 3.32. The Labute approximate surface area is 245 Å². The highest BCUT2D eigenvalue weighted by Crippen LogP contribution is 2.33. The lowest BCUT2D eigenvalue weighted by molar-refractivity contribution is -0.126. The first-order valence-corrected chi connectivity index (χ1v) is 14.4. The number of amides is 2. The van der Waals surface area contributed by atoms with Crippen LogP contribution in [0, 0.1) is 6.92 Å². The third-order valence-corrected chi connectivity index (χ3v) is 8.37. The van der Waals surface area contributed by atoms with Crippen molar-refractivity contribution in [3.05, 3.63) is 75.9 Å². The van der Waals surface area contributed by atoms with E-state index in [4.69, 9.17) is 16.3 Å². The van der Waals surface area contributed by atoms with Crippen LogP contribution in [0.25, 0.3) is 11.3 Å². The number of aromatic nitrogens is 2. The molecule has 1 aliphatic carbocycles. The van der Waals surface area contributed by atoms with E-state index in [9.17, 15) is 14.7 Å². The summed E-state index contributed by atoms with van der Waals surface area (Å²) in [6.07, 6.45) is 5.79. The number of aryl methyl sites for hydroxylation is 1. The first kappa shape index (κ1) is 29.0. The number of methoxy groups -OCH3 is 1. The summed E-state index contributed by atoms with van der Waals surface area (Å²) in [5.41, 5.74) is 4.43. The molecule has 10 heteroatoms. The molecule has 0 radical (unpaired) electrons. The van der Waals surface area contributed by atoms with Gasteiger partial charge in [-0.2, -0.15) is 0 Å². The molecular formula is C31H36ClN5O4. The van der Waals surface area contributed by atoms with Crippen molar-refractivity contribution in [3.63, 3.8) is 0 Å². The highest BCUT2D eigenvalue weighted by Gasteiger charge is 2.35. The number of nitrogens with one attached hydrogen (secondary N) is 2. The van der Waals surface area contributed by atoms with Crippen molar-refractivity contribution < 1.29 is 19.4 Å². The van der Waals surface area contributed by atoms with Gasteiger partial charge in [0.05, 0.1) is 35.7 Å². The van der Waals surface area contributed by atoms with E-state index in [1.807, 2.05) is 43.3 Å². The fourth-order valence-corrected chi connectivity index (χ4v) is 5.80. The number of aliphatic hydroxyl groups excluding tert-OH is 1. The molecule has 2 aliphatic rings. The van der Waals surface area contributed by atoms with Gasteiger partial charge in [0.1, 0.15) is 6.04 Å². The summed E-state index contributed by atoms with van der Waals surface area (Å²) in [5.74, 6) is -0.0730. The van der Waals surface area contributed by atoms with Crippen molar-refractivity contribution in [2.24, 2.45) is 0 Å². The van der Waals surface area contributed by atoms with E-state index < -0.39 is 12.1 Å². The molecule has 2 aromatic carbocycles. The predicted molar refractivity (Wildman–Crippen MR) is 158 cm³/mol. The molecule has 2 heterocycles. The van der Waals surface area contributed by atoms with Gasteiger partial charge in [-0.15, -0.1) is 0 Å². The number of carbonyl (C=O) groups excluding carboxylic acids is 2. The maximum absolute atomic E-state index is 13.5. The Bertz CT molecular complexity index is 1430. The maximum Gasteiger partial charge on any atom is 0.255 e. The van der Waals surface area contributed by atoms with Crippen LogP contribution in [0.2, 0.25) is 5.02 Å². The van der Waals surface area contributed by atoms with Crippen molar-refractivity contribution >= 4 is 29.4 Å². The molecule has 2 amide bonds. The van der Waals surface area contributed by atoms with E-state index >= 15 is 0 Å². The lowest BCUT2D eigenvalue weighted by Gasteiger charge is -2.28. The molecule has 0 bridgehead atoms. The minimum atomic E-state index is -0.733. The van der Waals surface area contributed by atoms with Gasteiger partial charge in [0.25, 0.3) is 5.91 Å². The SMILES string of the molecule is COC1CCC(Nc2ncc(Cl)c(-c3ccc4c(c3)C(=O)N([C@H](C)C(=O)N[C@H](CO)c3cccc(C)c3)C4)n2)CC1. The standard InChI is InChI=1S/C31H36ClN5O4/c1-18-5-4-6-20(13-18)27(17-38)35-29(39)19(2)37-16-22-8-7-21(14-25(22)30(37)40)28-26(32)15-33-31(36-28)34-23-9-11-24(41-3)12-10-23/h4-8,13-15,19,23-24,27,38H,9-12,16-17H2,1-3H3,(H,35,39)(H,33,34,36)/t19-,23?,24?,27-/m1/s1. The van der Waals surface area contributed by atoms with Gasteiger partial charge in [0.15, 0.2) is 0 Å². The molecule has 1 aromatic heterocycles. The summed E-state index contributed by atoms with van der Waals surface area (Å²) in [4.78, 5) is 37.2. The third-order valence-electron chi connectivity index (χ3n) is 8.09. The second-order valence-electron chi connectivity index (χ2n) is 10.9. The molecule has 2 atom stereocenters. The Morgan fingerprint density at radius 1 is 1.20 bits per heavy atom. The minimum Gasteiger partial charge on any atom is -0.394 e.